The second kappa shape index (κ2) is 7.16. The molecule has 0 saturated heterocycles. The van der Waals surface area contributed by atoms with Crippen molar-refractivity contribution in [2.75, 3.05) is 11.1 Å². The zero-order chi connectivity index (χ0) is 20.5. The normalized spacial score (nSPS) is 11.9. The maximum Gasteiger partial charge on any atom is 0.150 e. The van der Waals surface area contributed by atoms with Gasteiger partial charge in [0.1, 0.15) is 47.1 Å². The first kappa shape index (κ1) is 18.3. The highest BCUT2D eigenvalue weighted by Crippen LogP contribution is 2.29. The third-order valence-corrected chi connectivity index (χ3v) is 4.46. The molecule has 4 rings (SSSR count). The van der Waals surface area contributed by atoms with Gasteiger partial charge in [-0.2, -0.15) is 5.26 Å². The van der Waals surface area contributed by atoms with E-state index in [1.165, 1.54) is 30.6 Å². The van der Waals surface area contributed by atoms with Gasteiger partial charge in [-0.05, 0) is 43.3 Å². The summed E-state index contributed by atoms with van der Waals surface area (Å²) >= 11 is 0. The standard InChI is InChI=1S/C20H15F2N7/c1-11(27-19-15(9-23)18(24)25-10-26-19)20-28-16-7-4-13(22)8-17(16)29(20)14-5-2-12(21)3-6-14/h2-8,10-11H,1H3,(H3,24,25,26,27)/t11-/m1/s1. The van der Waals surface area contributed by atoms with Crippen LogP contribution in [0.5, 0.6) is 0 Å². The number of nitrogens with two attached hydrogens (primary N) is 1. The quantitative estimate of drug-likeness (QED) is 0.549. The number of fused-ring (bicyclic) bond motifs is 1. The summed E-state index contributed by atoms with van der Waals surface area (Å²) in [5.74, 6) is 0.0523. The van der Waals surface area contributed by atoms with Crippen LogP contribution < -0.4 is 11.1 Å². The summed E-state index contributed by atoms with van der Waals surface area (Å²) in [6.07, 6.45) is 1.25. The van der Waals surface area contributed by atoms with Crippen LogP contribution in [0.4, 0.5) is 20.4 Å². The van der Waals surface area contributed by atoms with Crippen LogP contribution in [0.25, 0.3) is 16.7 Å². The first-order valence-corrected chi connectivity index (χ1v) is 8.69. The third kappa shape index (κ3) is 3.32. The number of nitriles is 1. The van der Waals surface area contributed by atoms with Gasteiger partial charge in [-0.25, -0.2) is 23.7 Å². The van der Waals surface area contributed by atoms with E-state index in [1.807, 2.05) is 13.0 Å². The maximum absolute atomic E-state index is 13.9. The minimum Gasteiger partial charge on any atom is -0.382 e. The zero-order valence-electron chi connectivity index (χ0n) is 15.3. The number of benzene rings is 2. The minimum atomic E-state index is -0.447. The van der Waals surface area contributed by atoms with Crippen LogP contribution in [-0.4, -0.2) is 19.5 Å². The Balaban J connectivity index is 1.85. The average Bonchev–Trinajstić information content (AvgIpc) is 3.07. The molecule has 0 fully saturated rings. The fourth-order valence-corrected chi connectivity index (χ4v) is 3.11. The third-order valence-electron chi connectivity index (χ3n) is 4.46. The van der Waals surface area contributed by atoms with E-state index >= 15 is 0 Å². The van der Waals surface area contributed by atoms with Crippen molar-refractivity contribution in [1.29, 1.82) is 5.26 Å². The van der Waals surface area contributed by atoms with Crippen molar-refractivity contribution in [2.45, 2.75) is 13.0 Å². The van der Waals surface area contributed by atoms with Crippen LogP contribution in [0.15, 0.2) is 48.8 Å². The fraction of sp³-hybridized carbons (Fsp3) is 0.100. The molecule has 7 nitrogen and oxygen atoms in total. The number of halogens is 2. The van der Waals surface area contributed by atoms with Gasteiger partial charge < -0.3 is 11.1 Å². The Kier molecular flexibility index (Phi) is 4.52. The number of nitrogen functional groups attached to an aromatic ring is 1. The smallest absolute Gasteiger partial charge is 0.150 e. The predicted molar refractivity (Wildman–Crippen MR) is 104 cm³/mol. The second-order valence-corrected chi connectivity index (χ2v) is 6.38. The Morgan fingerprint density at radius 3 is 2.55 bits per heavy atom. The number of anilines is 2. The number of hydrogen-bond acceptors (Lipinski definition) is 6. The molecule has 0 spiro atoms. The Hall–Kier alpha value is -4.06. The molecule has 0 aliphatic heterocycles. The zero-order valence-corrected chi connectivity index (χ0v) is 15.3. The van der Waals surface area contributed by atoms with Crippen LogP contribution in [0, 0.1) is 23.0 Å². The van der Waals surface area contributed by atoms with Gasteiger partial charge >= 0.3 is 0 Å². The van der Waals surface area contributed by atoms with E-state index in [4.69, 9.17) is 5.73 Å². The average molecular weight is 391 g/mol. The molecule has 0 bridgehead atoms. The molecule has 0 amide bonds. The lowest BCUT2D eigenvalue weighted by atomic mass is 10.2. The van der Waals surface area contributed by atoms with E-state index in [1.54, 1.807) is 22.8 Å². The monoisotopic (exact) mass is 391 g/mol. The second-order valence-electron chi connectivity index (χ2n) is 6.38. The lowest BCUT2D eigenvalue weighted by molar-refractivity contribution is 0.626. The SMILES string of the molecule is C[C@@H](Nc1ncnc(N)c1C#N)c1nc2ccc(F)cc2n1-c1ccc(F)cc1. The highest BCUT2D eigenvalue weighted by molar-refractivity contribution is 5.78. The van der Waals surface area contributed by atoms with Crippen molar-refractivity contribution in [3.63, 3.8) is 0 Å². The molecule has 9 heteroatoms. The summed E-state index contributed by atoms with van der Waals surface area (Å²) in [4.78, 5) is 12.5. The van der Waals surface area contributed by atoms with E-state index in [-0.39, 0.29) is 23.0 Å². The molecule has 29 heavy (non-hydrogen) atoms. The van der Waals surface area contributed by atoms with Crippen molar-refractivity contribution >= 4 is 22.7 Å². The number of nitrogens with one attached hydrogen (secondary N) is 1. The number of aromatic nitrogens is 4. The first-order valence-electron chi connectivity index (χ1n) is 8.69. The van der Waals surface area contributed by atoms with E-state index in [0.29, 0.717) is 22.5 Å². The number of rotatable bonds is 4. The van der Waals surface area contributed by atoms with E-state index < -0.39 is 11.9 Å². The van der Waals surface area contributed by atoms with Gasteiger partial charge in [0.05, 0.1) is 17.1 Å². The Morgan fingerprint density at radius 1 is 1.10 bits per heavy atom. The number of nitrogens with zero attached hydrogens (tertiary/aromatic N) is 5. The molecule has 4 aromatic rings. The molecule has 2 aromatic carbocycles. The molecule has 0 unspecified atom stereocenters. The molecule has 3 N–H and O–H groups in total. The van der Waals surface area contributed by atoms with Crippen molar-refractivity contribution in [3.05, 3.63) is 71.8 Å². The summed E-state index contributed by atoms with van der Waals surface area (Å²) in [5.41, 5.74) is 7.59. The molecule has 0 saturated carbocycles. The molecule has 144 valence electrons. The summed E-state index contributed by atoms with van der Waals surface area (Å²) < 4.78 is 29.1. The highest BCUT2D eigenvalue weighted by Gasteiger charge is 2.20. The Labute approximate surface area is 164 Å². The van der Waals surface area contributed by atoms with Crippen molar-refractivity contribution in [3.8, 4) is 11.8 Å². The van der Waals surface area contributed by atoms with Gasteiger partial charge in [0, 0.05) is 11.8 Å². The summed E-state index contributed by atoms with van der Waals surface area (Å²) in [6.45, 7) is 1.82. The van der Waals surface area contributed by atoms with Crippen LogP contribution in [-0.2, 0) is 0 Å². The van der Waals surface area contributed by atoms with Gasteiger partial charge in [0.15, 0.2) is 0 Å². The summed E-state index contributed by atoms with van der Waals surface area (Å²) in [5, 5.41) is 12.4. The largest absolute Gasteiger partial charge is 0.382 e. The fourth-order valence-electron chi connectivity index (χ4n) is 3.11. The lowest BCUT2D eigenvalue weighted by Gasteiger charge is -2.17. The molecule has 1 atom stereocenters. The molecule has 0 aliphatic rings. The molecule has 0 aliphatic carbocycles. The summed E-state index contributed by atoms with van der Waals surface area (Å²) in [6, 6.07) is 11.6. The number of hydrogen-bond donors (Lipinski definition) is 2. The van der Waals surface area contributed by atoms with Crippen LogP contribution in [0.2, 0.25) is 0 Å². The Bertz CT molecular complexity index is 1240. The van der Waals surface area contributed by atoms with Crippen molar-refractivity contribution in [2.24, 2.45) is 0 Å². The van der Waals surface area contributed by atoms with Gasteiger partial charge in [-0.15, -0.1) is 0 Å². The molecular weight excluding hydrogens is 376 g/mol. The van der Waals surface area contributed by atoms with Gasteiger partial charge in [-0.3, -0.25) is 4.57 Å². The molecular formula is C20H15F2N7. The molecule has 0 radical (unpaired) electrons. The highest BCUT2D eigenvalue weighted by atomic mass is 19.1. The summed E-state index contributed by atoms with van der Waals surface area (Å²) in [7, 11) is 0. The number of imidazole rings is 1. The predicted octanol–water partition coefficient (Wildman–Crippen LogP) is 3.72. The maximum atomic E-state index is 13.9. The van der Waals surface area contributed by atoms with Crippen LogP contribution >= 0.6 is 0 Å². The van der Waals surface area contributed by atoms with Crippen LogP contribution in [0.3, 0.4) is 0 Å². The van der Waals surface area contributed by atoms with Gasteiger partial charge in [0.2, 0.25) is 0 Å². The minimum absolute atomic E-state index is 0.0614. The topological polar surface area (TPSA) is 105 Å². The molecule has 2 aromatic heterocycles. The van der Waals surface area contributed by atoms with E-state index in [9.17, 15) is 14.0 Å². The van der Waals surface area contributed by atoms with E-state index in [2.05, 4.69) is 20.3 Å². The first-order chi connectivity index (χ1) is 14.0. The van der Waals surface area contributed by atoms with Gasteiger partial charge in [0.25, 0.3) is 0 Å². The lowest BCUT2D eigenvalue weighted by Crippen LogP contribution is -2.15. The Morgan fingerprint density at radius 2 is 1.83 bits per heavy atom. The van der Waals surface area contributed by atoms with Gasteiger partial charge in [-0.1, -0.05) is 0 Å². The van der Waals surface area contributed by atoms with E-state index in [0.717, 1.165) is 0 Å². The van der Waals surface area contributed by atoms with Crippen LogP contribution in [0.1, 0.15) is 24.4 Å². The molecule has 2 heterocycles. The van der Waals surface area contributed by atoms with Crippen molar-refractivity contribution in [1.82, 2.24) is 19.5 Å². The van der Waals surface area contributed by atoms with Crippen molar-refractivity contribution < 1.29 is 8.78 Å².